The molecule has 0 aromatic heterocycles. The van der Waals surface area contributed by atoms with Crippen molar-refractivity contribution in [3.63, 3.8) is 0 Å². The number of halogens is 2. The van der Waals surface area contributed by atoms with Crippen LogP contribution in [0.2, 0.25) is 10.0 Å². The summed E-state index contributed by atoms with van der Waals surface area (Å²) in [4.78, 5) is 5.24. The van der Waals surface area contributed by atoms with E-state index in [0.717, 1.165) is 5.56 Å². The first-order chi connectivity index (χ1) is 7.08. The van der Waals surface area contributed by atoms with Crippen molar-refractivity contribution in [2.45, 2.75) is 20.4 Å². The maximum absolute atomic E-state index is 5.86. The van der Waals surface area contributed by atoms with Gasteiger partial charge in [-0.1, -0.05) is 37.0 Å². The normalized spacial score (nSPS) is 11.0. The highest BCUT2D eigenvalue weighted by Gasteiger charge is 1.98. The standard InChI is InChI=1S/C11H15Cl2NO/c1-8(2)7-15-14-6-9-3-10(12)5-11(13)4-9/h3-5,8,14H,6-7H2,1-2H3. The first kappa shape index (κ1) is 12.8. The van der Waals surface area contributed by atoms with Gasteiger partial charge in [0, 0.05) is 16.6 Å². The van der Waals surface area contributed by atoms with E-state index in [1.807, 2.05) is 12.1 Å². The summed E-state index contributed by atoms with van der Waals surface area (Å²) in [6.07, 6.45) is 0. The van der Waals surface area contributed by atoms with Gasteiger partial charge in [0.1, 0.15) is 0 Å². The van der Waals surface area contributed by atoms with E-state index < -0.39 is 0 Å². The Morgan fingerprint density at radius 2 is 1.80 bits per heavy atom. The molecule has 0 bridgehead atoms. The molecule has 84 valence electrons. The zero-order valence-corrected chi connectivity index (χ0v) is 10.4. The van der Waals surface area contributed by atoms with E-state index in [4.69, 9.17) is 28.0 Å². The molecular formula is C11H15Cl2NO. The van der Waals surface area contributed by atoms with Gasteiger partial charge in [0.15, 0.2) is 0 Å². The smallest absolute Gasteiger partial charge is 0.0705 e. The highest BCUT2D eigenvalue weighted by molar-refractivity contribution is 6.34. The Kier molecular flexibility index (Phi) is 5.40. The highest BCUT2D eigenvalue weighted by atomic mass is 35.5. The van der Waals surface area contributed by atoms with Crippen molar-refractivity contribution < 1.29 is 4.84 Å². The molecule has 0 saturated heterocycles. The first-order valence-electron chi connectivity index (χ1n) is 4.87. The molecule has 2 nitrogen and oxygen atoms in total. The SMILES string of the molecule is CC(C)CONCc1cc(Cl)cc(Cl)c1. The van der Waals surface area contributed by atoms with Crippen LogP contribution in [-0.2, 0) is 11.4 Å². The van der Waals surface area contributed by atoms with Crippen LogP contribution in [0.5, 0.6) is 0 Å². The lowest BCUT2D eigenvalue weighted by Crippen LogP contribution is -2.17. The predicted molar refractivity (Wildman–Crippen MR) is 64.1 cm³/mol. The molecule has 1 aromatic carbocycles. The Labute approximate surface area is 100 Å². The van der Waals surface area contributed by atoms with Gasteiger partial charge in [-0.3, -0.25) is 0 Å². The van der Waals surface area contributed by atoms with Gasteiger partial charge < -0.3 is 4.84 Å². The molecule has 1 aromatic rings. The fourth-order valence-corrected chi connectivity index (χ4v) is 1.64. The van der Waals surface area contributed by atoms with Crippen LogP contribution in [0.4, 0.5) is 0 Å². The molecule has 0 atom stereocenters. The van der Waals surface area contributed by atoms with Gasteiger partial charge in [-0.25, -0.2) is 0 Å². The van der Waals surface area contributed by atoms with Crippen LogP contribution < -0.4 is 5.48 Å². The summed E-state index contributed by atoms with van der Waals surface area (Å²) in [7, 11) is 0. The summed E-state index contributed by atoms with van der Waals surface area (Å²) in [5.74, 6) is 0.514. The van der Waals surface area contributed by atoms with Gasteiger partial charge in [0.05, 0.1) is 6.61 Å². The van der Waals surface area contributed by atoms with Gasteiger partial charge in [-0.2, -0.15) is 5.48 Å². The number of nitrogens with one attached hydrogen (secondary N) is 1. The summed E-state index contributed by atoms with van der Waals surface area (Å²) in [5, 5.41) is 1.28. The van der Waals surface area contributed by atoms with Crippen molar-refractivity contribution in [1.82, 2.24) is 5.48 Å². The Balaban J connectivity index is 2.37. The number of benzene rings is 1. The topological polar surface area (TPSA) is 21.3 Å². The molecule has 0 aliphatic carbocycles. The minimum atomic E-state index is 0.514. The third-order valence-corrected chi connectivity index (χ3v) is 2.15. The molecular weight excluding hydrogens is 233 g/mol. The van der Waals surface area contributed by atoms with Crippen LogP contribution in [0, 0.1) is 5.92 Å². The van der Waals surface area contributed by atoms with Crippen LogP contribution >= 0.6 is 23.2 Å². The maximum atomic E-state index is 5.86. The number of hydrogen-bond acceptors (Lipinski definition) is 2. The van der Waals surface area contributed by atoms with Crippen molar-refractivity contribution in [3.05, 3.63) is 33.8 Å². The van der Waals surface area contributed by atoms with E-state index in [1.165, 1.54) is 0 Å². The van der Waals surface area contributed by atoms with Crippen LogP contribution in [-0.4, -0.2) is 6.61 Å². The van der Waals surface area contributed by atoms with Crippen LogP contribution in [0.1, 0.15) is 19.4 Å². The van der Waals surface area contributed by atoms with Crippen molar-refractivity contribution >= 4 is 23.2 Å². The monoisotopic (exact) mass is 247 g/mol. The summed E-state index contributed by atoms with van der Waals surface area (Å²) in [6.45, 7) is 5.48. The fraction of sp³-hybridized carbons (Fsp3) is 0.455. The van der Waals surface area contributed by atoms with E-state index >= 15 is 0 Å². The summed E-state index contributed by atoms with van der Waals surface area (Å²) >= 11 is 11.7. The third-order valence-electron chi connectivity index (χ3n) is 1.72. The Morgan fingerprint density at radius 3 is 2.33 bits per heavy atom. The lowest BCUT2D eigenvalue weighted by molar-refractivity contribution is 0.0196. The highest BCUT2D eigenvalue weighted by Crippen LogP contribution is 2.18. The van der Waals surface area contributed by atoms with E-state index in [-0.39, 0.29) is 0 Å². The zero-order valence-electron chi connectivity index (χ0n) is 8.89. The number of hydrogen-bond donors (Lipinski definition) is 1. The van der Waals surface area contributed by atoms with Gasteiger partial charge >= 0.3 is 0 Å². The molecule has 0 radical (unpaired) electrons. The van der Waals surface area contributed by atoms with Crippen molar-refractivity contribution in [3.8, 4) is 0 Å². The molecule has 0 heterocycles. The van der Waals surface area contributed by atoms with Crippen LogP contribution in [0.25, 0.3) is 0 Å². The lowest BCUT2D eigenvalue weighted by Gasteiger charge is -2.08. The first-order valence-corrected chi connectivity index (χ1v) is 5.63. The van der Waals surface area contributed by atoms with Crippen molar-refractivity contribution in [2.24, 2.45) is 5.92 Å². The summed E-state index contributed by atoms with van der Waals surface area (Å²) in [5.41, 5.74) is 3.88. The second-order valence-electron chi connectivity index (χ2n) is 3.80. The van der Waals surface area contributed by atoms with Gasteiger partial charge in [0.25, 0.3) is 0 Å². The number of rotatable bonds is 5. The third kappa shape index (κ3) is 5.38. The minimum absolute atomic E-state index is 0.514. The van der Waals surface area contributed by atoms with E-state index in [2.05, 4.69) is 19.3 Å². The second kappa shape index (κ2) is 6.33. The maximum Gasteiger partial charge on any atom is 0.0705 e. The van der Waals surface area contributed by atoms with E-state index in [1.54, 1.807) is 6.07 Å². The average molecular weight is 248 g/mol. The minimum Gasteiger partial charge on any atom is -0.301 e. The van der Waals surface area contributed by atoms with Gasteiger partial charge in [0.2, 0.25) is 0 Å². The summed E-state index contributed by atoms with van der Waals surface area (Å²) < 4.78 is 0. The molecule has 0 amide bonds. The second-order valence-corrected chi connectivity index (χ2v) is 4.68. The van der Waals surface area contributed by atoms with Crippen molar-refractivity contribution in [2.75, 3.05) is 6.61 Å². The van der Waals surface area contributed by atoms with Crippen LogP contribution in [0.15, 0.2) is 18.2 Å². The molecule has 0 saturated carbocycles. The number of hydroxylamine groups is 1. The van der Waals surface area contributed by atoms with Gasteiger partial charge in [-0.05, 0) is 29.7 Å². The molecule has 0 aliphatic rings. The zero-order chi connectivity index (χ0) is 11.3. The Bertz CT molecular complexity index is 295. The lowest BCUT2D eigenvalue weighted by atomic mass is 10.2. The summed E-state index contributed by atoms with van der Waals surface area (Å²) in [6, 6.07) is 5.43. The molecule has 1 N–H and O–H groups in total. The molecule has 0 fully saturated rings. The Hall–Kier alpha value is -0.280. The largest absolute Gasteiger partial charge is 0.301 e. The molecule has 0 aliphatic heterocycles. The molecule has 1 rings (SSSR count). The average Bonchev–Trinajstić information content (AvgIpc) is 2.10. The molecule has 15 heavy (non-hydrogen) atoms. The van der Waals surface area contributed by atoms with Crippen LogP contribution in [0.3, 0.4) is 0 Å². The quantitative estimate of drug-likeness (QED) is 0.634. The predicted octanol–water partition coefficient (Wildman–Crippen LogP) is 3.67. The van der Waals surface area contributed by atoms with E-state index in [0.29, 0.717) is 29.1 Å². The van der Waals surface area contributed by atoms with Crippen molar-refractivity contribution in [1.29, 1.82) is 0 Å². The molecule has 4 heteroatoms. The molecule has 0 unspecified atom stereocenters. The fourth-order valence-electron chi connectivity index (χ4n) is 1.07. The molecule has 0 spiro atoms. The van der Waals surface area contributed by atoms with E-state index in [9.17, 15) is 0 Å². The van der Waals surface area contributed by atoms with Gasteiger partial charge in [-0.15, -0.1) is 0 Å². The Morgan fingerprint density at radius 1 is 1.20 bits per heavy atom.